The zero-order valence-electron chi connectivity index (χ0n) is 9.43. The molecule has 2 rings (SSSR count). The molecule has 0 atom stereocenters. The first-order chi connectivity index (χ1) is 8.35. The molecule has 2 aromatic rings. The van der Waals surface area contributed by atoms with Gasteiger partial charge < -0.3 is 20.5 Å². The zero-order valence-corrected chi connectivity index (χ0v) is 9.43. The van der Waals surface area contributed by atoms with Gasteiger partial charge in [-0.1, -0.05) is 0 Å². The molecule has 4 N–H and O–H groups in total. The van der Waals surface area contributed by atoms with Gasteiger partial charge in [-0.05, 0) is 0 Å². The summed E-state index contributed by atoms with van der Waals surface area (Å²) in [6.45, 7) is 1.19. The van der Waals surface area contributed by atoms with E-state index in [9.17, 15) is 0 Å². The van der Waals surface area contributed by atoms with Gasteiger partial charge >= 0.3 is 0 Å². The molecule has 0 aliphatic heterocycles. The molecule has 0 aliphatic carbocycles. The van der Waals surface area contributed by atoms with Gasteiger partial charge in [-0.25, -0.2) is 9.97 Å². The Morgan fingerprint density at radius 1 is 1.35 bits per heavy atom. The van der Waals surface area contributed by atoms with Crippen molar-refractivity contribution in [1.82, 2.24) is 20.3 Å². The van der Waals surface area contributed by atoms with Crippen LogP contribution in [0.2, 0.25) is 0 Å². The lowest BCUT2D eigenvalue weighted by molar-refractivity contribution is 0.148. The number of nitrogens with zero attached hydrogens (tertiary/aromatic N) is 2. The molecule has 0 fully saturated rings. The molecule has 0 saturated heterocycles. The number of H-pyrrole nitrogens is 1. The third-order valence-electron chi connectivity index (χ3n) is 2.68. The molecule has 0 bridgehead atoms. The van der Waals surface area contributed by atoms with Crippen LogP contribution in [0.3, 0.4) is 0 Å². The topological polar surface area (TPSA) is 94.1 Å². The van der Waals surface area contributed by atoms with Crippen molar-refractivity contribution >= 4 is 11.0 Å². The predicted octanol–water partition coefficient (Wildman–Crippen LogP) is -0.352. The van der Waals surface area contributed by atoms with Crippen LogP contribution in [0, 0.1) is 5.92 Å². The van der Waals surface area contributed by atoms with E-state index in [-0.39, 0.29) is 19.1 Å². The first-order valence-electron chi connectivity index (χ1n) is 5.53. The number of aromatic nitrogens is 3. The average Bonchev–Trinajstić information content (AvgIpc) is 2.78. The van der Waals surface area contributed by atoms with Crippen LogP contribution in [0.15, 0.2) is 18.7 Å². The number of rotatable bonds is 6. The van der Waals surface area contributed by atoms with Crippen molar-refractivity contribution in [3.63, 3.8) is 0 Å². The summed E-state index contributed by atoms with van der Waals surface area (Å²) >= 11 is 0. The summed E-state index contributed by atoms with van der Waals surface area (Å²) in [6.07, 6.45) is 5.14. The fourth-order valence-corrected chi connectivity index (χ4v) is 1.66. The maximum absolute atomic E-state index is 8.93. The maximum atomic E-state index is 8.93. The van der Waals surface area contributed by atoms with Crippen molar-refractivity contribution in [3.8, 4) is 0 Å². The van der Waals surface area contributed by atoms with Crippen LogP contribution in [0.1, 0.15) is 5.56 Å². The van der Waals surface area contributed by atoms with E-state index in [1.807, 2.05) is 6.20 Å². The van der Waals surface area contributed by atoms with Crippen LogP contribution in [-0.4, -0.2) is 44.9 Å². The molecular weight excluding hydrogens is 220 g/mol. The van der Waals surface area contributed by atoms with Gasteiger partial charge in [0, 0.05) is 44.0 Å². The van der Waals surface area contributed by atoms with E-state index in [1.54, 1.807) is 6.20 Å². The monoisotopic (exact) mass is 236 g/mol. The summed E-state index contributed by atoms with van der Waals surface area (Å²) in [5, 5.41) is 21.0. The quantitative estimate of drug-likeness (QED) is 0.550. The van der Waals surface area contributed by atoms with Gasteiger partial charge in [-0.2, -0.15) is 0 Å². The van der Waals surface area contributed by atoms with E-state index in [2.05, 4.69) is 20.3 Å². The van der Waals surface area contributed by atoms with E-state index < -0.39 is 0 Å². The molecule has 92 valence electrons. The van der Waals surface area contributed by atoms with Crippen molar-refractivity contribution in [2.24, 2.45) is 5.92 Å². The molecule has 17 heavy (non-hydrogen) atoms. The SMILES string of the molecule is OCC(CO)CNCc1c[nH]c2cncnc12. The first kappa shape index (κ1) is 12.0. The number of aliphatic hydroxyl groups is 2. The zero-order chi connectivity index (χ0) is 12.1. The Morgan fingerprint density at radius 2 is 2.18 bits per heavy atom. The van der Waals surface area contributed by atoms with E-state index in [0.29, 0.717) is 13.1 Å². The van der Waals surface area contributed by atoms with Crippen molar-refractivity contribution < 1.29 is 10.2 Å². The van der Waals surface area contributed by atoms with Crippen molar-refractivity contribution in [2.75, 3.05) is 19.8 Å². The van der Waals surface area contributed by atoms with Gasteiger partial charge in [0.2, 0.25) is 0 Å². The first-order valence-corrected chi connectivity index (χ1v) is 5.53. The Hall–Kier alpha value is -1.50. The van der Waals surface area contributed by atoms with Gasteiger partial charge in [0.15, 0.2) is 0 Å². The summed E-state index contributed by atoms with van der Waals surface area (Å²) in [6, 6.07) is 0. The molecule has 0 spiro atoms. The molecule has 0 aromatic carbocycles. The maximum Gasteiger partial charge on any atom is 0.116 e. The minimum absolute atomic E-state index is 0.0143. The van der Waals surface area contributed by atoms with E-state index in [0.717, 1.165) is 16.6 Å². The van der Waals surface area contributed by atoms with Crippen LogP contribution >= 0.6 is 0 Å². The lowest BCUT2D eigenvalue weighted by Crippen LogP contribution is -2.27. The van der Waals surface area contributed by atoms with Gasteiger partial charge in [0.05, 0.1) is 17.2 Å². The highest BCUT2D eigenvalue weighted by atomic mass is 16.3. The molecule has 0 saturated carbocycles. The minimum Gasteiger partial charge on any atom is -0.396 e. The number of aliphatic hydroxyl groups excluding tert-OH is 2. The standard InChI is InChI=1S/C11H16N4O2/c16-5-8(6-17)1-12-2-9-3-14-10-4-13-7-15-11(9)10/h3-4,7-8,12,14,16-17H,1-2,5-6H2. The molecule has 6 heteroatoms. The predicted molar refractivity (Wildman–Crippen MR) is 63.3 cm³/mol. The second-order valence-corrected chi connectivity index (χ2v) is 3.96. The lowest BCUT2D eigenvalue weighted by Gasteiger charge is -2.11. The van der Waals surface area contributed by atoms with Crippen LogP contribution in [-0.2, 0) is 6.54 Å². The Labute approximate surface area is 98.7 Å². The molecule has 2 heterocycles. The second-order valence-electron chi connectivity index (χ2n) is 3.96. The van der Waals surface area contributed by atoms with Crippen molar-refractivity contribution in [3.05, 3.63) is 24.3 Å². The molecule has 6 nitrogen and oxygen atoms in total. The highest BCUT2D eigenvalue weighted by Crippen LogP contribution is 2.13. The fraction of sp³-hybridized carbons (Fsp3) is 0.455. The van der Waals surface area contributed by atoms with Gasteiger partial charge in [0.25, 0.3) is 0 Å². The van der Waals surface area contributed by atoms with E-state index in [1.165, 1.54) is 6.33 Å². The number of aromatic amines is 1. The van der Waals surface area contributed by atoms with E-state index in [4.69, 9.17) is 10.2 Å². The van der Waals surface area contributed by atoms with Crippen LogP contribution in [0.5, 0.6) is 0 Å². The van der Waals surface area contributed by atoms with Crippen LogP contribution in [0.25, 0.3) is 11.0 Å². The third kappa shape index (κ3) is 2.79. The number of fused-ring (bicyclic) bond motifs is 1. The Bertz CT molecular complexity index is 467. The van der Waals surface area contributed by atoms with Crippen LogP contribution < -0.4 is 5.32 Å². The molecule has 0 aliphatic rings. The highest BCUT2D eigenvalue weighted by Gasteiger charge is 2.07. The normalized spacial score (nSPS) is 11.5. The van der Waals surface area contributed by atoms with E-state index >= 15 is 0 Å². The molecule has 2 aromatic heterocycles. The van der Waals surface area contributed by atoms with Gasteiger partial charge in [-0.3, -0.25) is 0 Å². The summed E-state index contributed by atoms with van der Waals surface area (Å²) < 4.78 is 0. The number of nitrogens with one attached hydrogen (secondary N) is 2. The Morgan fingerprint density at radius 3 is 2.94 bits per heavy atom. The third-order valence-corrected chi connectivity index (χ3v) is 2.68. The van der Waals surface area contributed by atoms with Gasteiger partial charge in [-0.15, -0.1) is 0 Å². The van der Waals surface area contributed by atoms with Crippen molar-refractivity contribution in [1.29, 1.82) is 0 Å². The highest BCUT2D eigenvalue weighted by molar-refractivity contribution is 5.77. The summed E-state index contributed by atoms with van der Waals surface area (Å²) in [5.41, 5.74) is 2.86. The number of hydrogen-bond donors (Lipinski definition) is 4. The van der Waals surface area contributed by atoms with Crippen LogP contribution in [0.4, 0.5) is 0 Å². The van der Waals surface area contributed by atoms with Gasteiger partial charge in [0.1, 0.15) is 6.33 Å². The number of hydrogen-bond acceptors (Lipinski definition) is 5. The summed E-state index contributed by atoms with van der Waals surface area (Å²) in [4.78, 5) is 11.2. The smallest absolute Gasteiger partial charge is 0.116 e. The second kappa shape index (κ2) is 5.72. The molecule has 0 amide bonds. The molecule has 0 radical (unpaired) electrons. The Balaban J connectivity index is 1.95. The summed E-state index contributed by atoms with van der Waals surface area (Å²) in [5.74, 6) is -0.116. The minimum atomic E-state index is -0.116. The molecular formula is C11H16N4O2. The lowest BCUT2D eigenvalue weighted by atomic mass is 10.2. The average molecular weight is 236 g/mol. The van der Waals surface area contributed by atoms with Crippen molar-refractivity contribution in [2.45, 2.75) is 6.54 Å². The fourth-order valence-electron chi connectivity index (χ4n) is 1.66. The Kier molecular flexibility index (Phi) is 4.03. The summed E-state index contributed by atoms with van der Waals surface area (Å²) in [7, 11) is 0. The molecule has 0 unspecified atom stereocenters. The largest absolute Gasteiger partial charge is 0.396 e.